The minimum atomic E-state index is -3.00. The largest absolute Gasteiger partial charge is 0.512 e. The number of nitrogens with zero attached hydrogens (tertiary/aromatic N) is 1. The Morgan fingerprint density at radius 1 is 1.25 bits per heavy atom. The van der Waals surface area contributed by atoms with Crippen LogP contribution >= 0.6 is 23.2 Å². The highest BCUT2D eigenvalue weighted by Gasteiger charge is 2.32. The van der Waals surface area contributed by atoms with Crippen LogP contribution in [-0.4, -0.2) is 60.0 Å². The highest BCUT2D eigenvalue weighted by molar-refractivity contribution is 7.91. The van der Waals surface area contributed by atoms with E-state index in [0.29, 0.717) is 43.1 Å². The Bertz CT molecular complexity index is 914. The molecule has 154 valence electrons. The topological polar surface area (TPSA) is 94.9 Å². The molecule has 1 heterocycles. The fourth-order valence-electron chi connectivity index (χ4n) is 3.69. The number of Topliss-reactive ketones (excluding diaryl/α,β-unsaturated/α-hetero) is 1. The van der Waals surface area contributed by atoms with E-state index >= 15 is 0 Å². The van der Waals surface area contributed by atoms with Gasteiger partial charge in [-0.1, -0.05) is 30.1 Å². The van der Waals surface area contributed by atoms with Crippen LogP contribution in [0.4, 0.5) is 0 Å². The van der Waals surface area contributed by atoms with Crippen molar-refractivity contribution in [3.8, 4) is 0 Å². The first-order valence-electron chi connectivity index (χ1n) is 9.13. The molecule has 1 aliphatic carbocycles. The maximum absolute atomic E-state index is 13.0. The van der Waals surface area contributed by atoms with Gasteiger partial charge < -0.3 is 10.2 Å². The average molecular weight is 448 g/mol. The lowest BCUT2D eigenvalue weighted by Crippen LogP contribution is -2.39. The summed E-state index contributed by atoms with van der Waals surface area (Å²) in [6, 6.07) is 3.05. The summed E-state index contributed by atoms with van der Waals surface area (Å²) in [5.41, 5.74) is 0.686. The monoisotopic (exact) mass is 447 g/mol. The van der Waals surface area contributed by atoms with Crippen LogP contribution in [0.25, 0.3) is 0 Å². The van der Waals surface area contributed by atoms with E-state index in [0.717, 1.165) is 0 Å². The molecule has 1 aromatic rings. The summed E-state index contributed by atoms with van der Waals surface area (Å²) in [7, 11) is -3.00. The van der Waals surface area contributed by atoms with Crippen LogP contribution in [-0.2, 0) is 16.4 Å². The molecule has 1 saturated heterocycles. The molecule has 2 atom stereocenters. The lowest BCUT2D eigenvalue weighted by atomic mass is 9.83. The number of ketones is 1. The van der Waals surface area contributed by atoms with Gasteiger partial charge in [-0.2, -0.15) is 0 Å². The Hall–Kier alpha value is -1.12. The maximum atomic E-state index is 13.0. The number of allylic oxidation sites excluding steroid dienone is 1. The van der Waals surface area contributed by atoms with Crippen LogP contribution in [0.1, 0.15) is 35.7 Å². The molecule has 0 bridgehead atoms. The summed E-state index contributed by atoms with van der Waals surface area (Å²) in [6.07, 6.45) is -0.317. The molecule has 9 heteroatoms. The predicted octanol–water partition coefficient (Wildman–Crippen LogP) is 3.01. The van der Waals surface area contributed by atoms with Crippen LogP contribution < -0.4 is 0 Å². The lowest BCUT2D eigenvalue weighted by Gasteiger charge is -2.28. The zero-order chi connectivity index (χ0) is 20.6. The molecule has 0 aromatic heterocycles. The van der Waals surface area contributed by atoms with Crippen molar-refractivity contribution in [2.24, 2.45) is 5.92 Å². The standard InChI is InChI=1S/C19H23Cl2NO5S/c1-11-8-15(23)17(16(24)9-11)19(25)12-2-3-14(20)13(18(12)21)10-22-4-6-28(26,27)7-5-22/h2-3,11,15,23-24H,4-10H2,1H3. The minimum Gasteiger partial charge on any atom is -0.512 e. The first-order valence-corrected chi connectivity index (χ1v) is 11.7. The van der Waals surface area contributed by atoms with Gasteiger partial charge >= 0.3 is 0 Å². The van der Waals surface area contributed by atoms with Crippen molar-refractivity contribution in [1.29, 1.82) is 0 Å². The van der Waals surface area contributed by atoms with E-state index in [4.69, 9.17) is 23.2 Å². The van der Waals surface area contributed by atoms with Crippen LogP contribution in [0.3, 0.4) is 0 Å². The average Bonchev–Trinajstić information content (AvgIpc) is 2.59. The quantitative estimate of drug-likeness (QED) is 0.688. The van der Waals surface area contributed by atoms with Crippen LogP contribution in [0.2, 0.25) is 10.0 Å². The minimum absolute atomic E-state index is 0.0164. The molecule has 6 nitrogen and oxygen atoms in total. The smallest absolute Gasteiger partial charge is 0.196 e. The third kappa shape index (κ3) is 4.54. The molecule has 1 aliphatic heterocycles. The van der Waals surface area contributed by atoms with Gasteiger partial charge in [0.05, 0.1) is 28.2 Å². The van der Waals surface area contributed by atoms with Gasteiger partial charge in [-0.05, 0) is 24.5 Å². The third-order valence-corrected chi connectivity index (χ3v) is 7.70. The molecular weight excluding hydrogens is 425 g/mol. The second kappa shape index (κ2) is 8.32. The molecule has 28 heavy (non-hydrogen) atoms. The predicted molar refractivity (Wildman–Crippen MR) is 109 cm³/mol. The van der Waals surface area contributed by atoms with E-state index < -0.39 is 21.7 Å². The summed E-state index contributed by atoms with van der Waals surface area (Å²) in [5.74, 6) is -0.387. The Morgan fingerprint density at radius 2 is 1.89 bits per heavy atom. The zero-order valence-corrected chi connectivity index (χ0v) is 17.8. The summed E-state index contributed by atoms with van der Waals surface area (Å²) >= 11 is 12.8. The van der Waals surface area contributed by atoms with Crippen molar-refractivity contribution in [3.63, 3.8) is 0 Å². The Labute approximate surface area is 174 Å². The number of sulfone groups is 1. The van der Waals surface area contributed by atoms with E-state index in [1.807, 2.05) is 11.8 Å². The molecular formula is C19H23Cl2NO5S. The van der Waals surface area contributed by atoms with E-state index in [-0.39, 0.29) is 39.3 Å². The summed E-state index contributed by atoms with van der Waals surface area (Å²) in [4.78, 5) is 14.9. The fourth-order valence-corrected chi connectivity index (χ4v) is 5.54. The van der Waals surface area contributed by atoms with Gasteiger partial charge in [-0.3, -0.25) is 9.69 Å². The van der Waals surface area contributed by atoms with Crippen LogP contribution in [0, 0.1) is 5.92 Å². The number of hydrogen-bond donors (Lipinski definition) is 2. The molecule has 0 radical (unpaired) electrons. The van der Waals surface area contributed by atoms with Crippen LogP contribution in [0.15, 0.2) is 23.5 Å². The normalized spacial score (nSPS) is 25.7. The van der Waals surface area contributed by atoms with Gasteiger partial charge in [0.1, 0.15) is 5.76 Å². The van der Waals surface area contributed by atoms with Crippen molar-refractivity contribution in [1.82, 2.24) is 4.90 Å². The van der Waals surface area contributed by atoms with Crippen molar-refractivity contribution in [3.05, 3.63) is 44.6 Å². The summed E-state index contributed by atoms with van der Waals surface area (Å²) in [6.45, 7) is 2.96. The fraction of sp³-hybridized carbons (Fsp3) is 0.526. The highest BCUT2D eigenvalue weighted by atomic mass is 35.5. The molecule has 2 N–H and O–H groups in total. The number of benzene rings is 1. The second-order valence-corrected chi connectivity index (χ2v) is 10.7. The van der Waals surface area contributed by atoms with E-state index in [1.165, 1.54) is 6.07 Å². The molecule has 0 amide bonds. The van der Waals surface area contributed by atoms with E-state index in [1.54, 1.807) is 6.07 Å². The summed E-state index contributed by atoms with van der Waals surface area (Å²) in [5, 5.41) is 21.1. The number of aliphatic hydroxyl groups is 2. The highest BCUT2D eigenvalue weighted by Crippen LogP contribution is 2.35. The SMILES string of the molecule is CC1CC(O)=C(C(=O)c2ccc(Cl)c(CN3CCS(=O)(=O)CC3)c2Cl)C(O)C1. The van der Waals surface area contributed by atoms with E-state index in [9.17, 15) is 23.4 Å². The summed E-state index contributed by atoms with van der Waals surface area (Å²) < 4.78 is 23.2. The molecule has 0 spiro atoms. The molecule has 1 fully saturated rings. The number of carbonyl (C=O) groups is 1. The molecule has 1 aromatic carbocycles. The van der Waals surface area contributed by atoms with Crippen LogP contribution in [0.5, 0.6) is 0 Å². The molecule has 0 saturated carbocycles. The van der Waals surface area contributed by atoms with Gasteiger partial charge in [0.2, 0.25) is 0 Å². The molecule has 3 rings (SSSR count). The molecule has 2 aliphatic rings. The van der Waals surface area contributed by atoms with Gasteiger partial charge in [0.15, 0.2) is 15.6 Å². The Kier molecular flexibility index (Phi) is 6.41. The lowest BCUT2D eigenvalue weighted by molar-refractivity contribution is 0.0929. The first kappa shape index (κ1) is 21.6. The number of rotatable bonds is 4. The number of hydrogen-bond acceptors (Lipinski definition) is 6. The second-order valence-electron chi connectivity index (χ2n) is 7.57. The Balaban J connectivity index is 1.89. The maximum Gasteiger partial charge on any atom is 0.196 e. The van der Waals surface area contributed by atoms with Gasteiger partial charge in [0, 0.05) is 42.2 Å². The third-order valence-electron chi connectivity index (χ3n) is 5.31. The van der Waals surface area contributed by atoms with Crippen molar-refractivity contribution in [2.75, 3.05) is 24.6 Å². The zero-order valence-electron chi connectivity index (χ0n) is 15.5. The first-order chi connectivity index (χ1) is 13.1. The van der Waals surface area contributed by atoms with Gasteiger partial charge in [-0.15, -0.1) is 0 Å². The molecule has 2 unspecified atom stereocenters. The van der Waals surface area contributed by atoms with Crippen molar-refractivity contribution in [2.45, 2.75) is 32.4 Å². The van der Waals surface area contributed by atoms with Gasteiger partial charge in [-0.25, -0.2) is 8.42 Å². The number of aliphatic hydroxyl groups excluding tert-OH is 2. The van der Waals surface area contributed by atoms with Gasteiger partial charge in [0.25, 0.3) is 0 Å². The number of carbonyl (C=O) groups excluding carboxylic acids is 1. The van der Waals surface area contributed by atoms with Crippen molar-refractivity contribution < 1.29 is 23.4 Å². The Morgan fingerprint density at radius 3 is 2.50 bits per heavy atom. The number of halogens is 2. The van der Waals surface area contributed by atoms with Crippen molar-refractivity contribution >= 4 is 38.8 Å². The van der Waals surface area contributed by atoms with E-state index in [2.05, 4.69) is 0 Å².